The number of aryl methyl sites for hydroxylation is 1. The molecule has 18 heavy (non-hydrogen) atoms. The van der Waals surface area contributed by atoms with Crippen molar-refractivity contribution in [2.45, 2.75) is 46.1 Å². The molecule has 0 radical (unpaired) electrons. The summed E-state index contributed by atoms with van der Waals surface area (Å²) in [4.78, 5) is 0. The van der Waals surface area contributed by atoms with Gasteiger partial charge in [0.2, 0.25) is 0 Å². The van der Waals surface area contributed by atoms with Crippen LogP contribution in [0.2, 0.25) is 0 Å². The molecule has 1 aromatic rings. The lowest BCUT2D eigenvalue weighted by Crippen LogP contribution is -2.40. The number of hydrogen-bond acceptors (Lipinski definition) is 1. The fourth-order valence-electron chi connectivity index (χ4n) is 3.04. The van der Waals surface area contributed by atoms with Crippen LogP contribution in [0.5, 0.6) is 5.88 Å². The summed E-state index contributed by atoms with van der Waals surface area (Å²) in [5.41, 5.74) is 0. The van der Waals surface area contributed by atoms with Gasteiger partial charge >= 0.3 is 5.88 Å². The molecule has 0 aromatic carbocycles. The van der Waals surface area contributed by atoms with E-state index in [1.165, 1.54) is 19.3 Å². The molecule has 3 atom stereocenters. The van der Waals surface area contributed by atoms with Crippen molar-refractivity contribution in [3.63, 3.8) is 0 Å². The lowest BCUT2D eigenvalue weighted by atomic mass is 9.75. The zero-order chi connectivity index (χ0) is 13.1. The van der Waals surface area contributed by atoms with E-state index in [2.05, 4.69) is 31.4 Å². The third kappa shape index (κ3) is 3.04. The van der Waals surface area contributed by atoms with Crippen LogP contribution in [0, 0.1) is 17.8 Å². The number of nitrogens with zero attached hydrogens (tertiary/aromatic N) is 1. The molecule has 1 aliphatic rings. The summed E-state index contributed by atoms with van der Waals surface area (Å²) in [6.45, 7) is 6.99. The van der Waals surface area contributed by atoms with Crippen molar-refractivity contribution >= 4 is 0 Å². The average Bonchev–Trinajstić information content (AvgIpc) is 2.32. The molecule has 3 unspecified atom stereocenters. The van der Waals surface area contributed by atoms with Crippen molar-refractivity contribution in [3.05, 3.63) is 24.4 Å². The Bertz CT molecular complexity index is 388. The van der Waals surface area contributed by atoms with Gasteiger partial charge in [-0.1, -0.05) is 27.2 Å². The fraction of sp³-hybridized carbons (Fsp3) is 0.688. The Labute approximate surface area is 111 Å². The van der Waals surface area contributed by atoms with Gasteiger partial charge < -0.3 is 4.74 Å². The van der Waals surface area contributed by atoms with Gasteiger partial charge in [0.1, 0.15) is 13.2 Å². The predicted octanol–water partition coefficient (Wildman–Crippen LogP) is 3.35. The molecular weight excluding hydrogens is 222 g/mol. The molecule has 0 amide bonds. The predicted molar refractivity (Wildman–Crippen MR) is 73.4 cm³/mol. The quantitative estimate of drug-likeness (QED) is 0.748. The molecule has 0 bridgehead atoms. The van der Waals surface area contributed by atoms with Crippen LogP contribution >= 0.6 is 0 Å². The van der Waals surface area contributed by atoms with Gasteiger partial charge in [0.15, 0.2) is 6.20 Å². The van der Waals surface area contributed by atoms with E-state index in [1.54, 1.807) is 0 Å². The van der Waals surface area contributed by atoms with Gasteiger partial charge in [-0.25, -0.2) is 0 Å². The standard InChI is InChI=1S/C16H26NO/c1-12(2)14-9-8-13(3)11-15(14)18-16-7-5-6-10-17(16)4/h5-7,10,12-15H,8-9,11H2,1-4H3/q+1. The Morgan fingerprint density at radius 2 is 2.06 bits per heavy atom. The third-order valence-corrected chi connectivity index (χ3v) is 4.24. The second-order valence-corrected chi connectivity index (χ2v) is 6.13. The van der Waals surface area contributed by atoms with Crippen LogP contribution in [-0.2, 0) is 7.05 Å². The SMILES string of the molecule is CC1CCC(C(C)C)C(Oc2cccc[n+]2C)C1. The van der Waals surface area contributed by atoms with Crippen LogP contribution in [0.15, 0.2) is 24.4 Å². The Hall–Kier alpha value is -1.05. The Balaban J connectivity index is 2.11. The summed E-state index contributed by atoms with van der Waals surface area (Å²) in [5, 5.41) is 0. The minimum Gasteiger partial charge on any atom is -0.441 e. The molecule has 0 spiro atoms. The van der Waals surface area contributed by atoms with E-state index in [0.29, 0.717) is 17.9 Å². The number of rotatable bonds is 3. The number of aromatic nitrogens is 1. The first kappa shape index (κ1) is 13.4. The first-order valence-corrected chi connectivity index (χ1v) is 7.19. The highest BCUT2D eigenvalue weighted by Gasteiger charge is 2.33. The van der Waals surface area contributed by atoms with Crippen molar-refractivity contribution in [2.75, 3.05) is 0 Å². The summed E-state index contributed by atoms with van der Waals surface area (Å²) in [6, 6.07) is 6.15. The van der Waals surface area contributed by atoms with Crippen molar-refractivity contribution in [1.82, 2.24) is 0 Å². The van der Waals surface area contributed by atoms with E-state index in [9.17, 15) is 0 Å². The maximum Gasteiger partial charge on any atom is 0.367 e. The molecule has 1 saturated carbocycles. The van der Waals surface area contributed by atoms with E-state index < -0.39 is 0 Å². The second kappa shape index (κ2) is 5.73. The molecular formula is C16H26NO+. The molecule has 0 saturated heterocycles. The number of hydrogen-bond donors (Lipinski definition) is 0. The lowest BCUT2D eigenvalue weighted by Gasteiger charge is -2.36. The van der Waals surface area contributed by atoms with Crippen LogP contribution in [-0.4, -0.2) is 6.10 Å². The van der Waals surface area contributed by atoms with Crippen LogP contribution in [0.3, 0.4) is 0 Å². The van der Waals surface area contributed by atoms with Crippen molar-refractivity contribution in [1.29, 1.82) is 0 Å². The minimum absolute atomic E-state index is 0.377. The molecule has 2 heteroatoms. The smallest absolute Gasteiger partial charge is 0.367 e. The molecule has 0 aliphatic heterocycles. The molecule has 1 heterocycles. The highest BCUT2D eigenvalue weighted by atomic mass is 16.5. The van der Waals surface area contributed by atoms with Gasteiger partial charge in [0.05, 0.1) is 6.07 Å². The van der Waals surface area contributed by atoms with E-state index >= 15 is 0 Å². The first-order valence-electron chi connectivity index (χ1n) is 7.19. The second-order valence-electron chi connectivity index (χ2n) is 6.13. The van der Waals surface area contributed by atoms with Gasteiger partial charge in [-0.15, -0.1) is 0 Å². The molecule has 1 fully saturated rings. The first-order chi connectivity index (χ1) is 8.58. The van der Waals surface area contributed by atoms with Gasteiger partial charge in [-0.2, -0.15) is 4.57 Å². The molecule has 100 valence electrons. The summed E-state index contributed by atoms with van der Waals surface area (Å²) >= 11 is 0. The summed E-state index contributed by atoms with van der Waals surface area (Å²) < 4.78 is 8.36. The minimum atomic E-state index is 0.377. The van der Waals surface area contributed by atoms with E-state index in [4.69, 9.17) is 4.74 Å². The summed E-state index contributed by atoms with van der Waals surface area (Å²) in [6.07, 6.45) is 6.27. The number of ether oxygens (including phenoxy) is 1. The zero-order valence-electron chi connectivity index (χ0n) is 12.1. The summed E-state index contributed by atoms with van der Waals surface area (Å²) in [5.74, 6) is 3.18. The molecule has 2 rings (SSSR count). The van der Waals surface area contributed by atoms with Gasteiger partial charge in [0, 0.05) is 6.07 Å². The van der Waals surface area contributed by atoms with Crippen LogP contribution in [0.25, 0.3) is 0 Å². The average molecular weight is 248 g/mol. The maximum atomic E-state index is 6.29. The Morgan fingerprint density at radius 1 is 1.28 bits per heavy atom. The van der Waals surface area contributed by atoms with E-state index in [1.807, 2.05) is 25.4 Å². The lowest BCUT2D eigenvalue weighted by molar-refractivity contribution is -0.678. The van der Waals surface area contributed by atoms with Crippen LogP contribution < -0.4 is 9.30 Å². The van der Waals surface area contributed by atoms with Gasteiger partial charge in [0.25, 0.3) is 0 Å². The van der Waals surface area contributed by atoms with Crippen molar-refractivity contribution < 1.29 is 9.30 Å². The molecule has 1 aliphatic carbocycles. The highest BCUT2D eigenvalue weighted by Crippen LogP contribution is 2.35. The molecule has 2 nitrogen and oxygen atoms in total. The maximum absolute atomic E-state index is 6.29. The topological polar surface area (TPSA) is 13.1 Å². The van der Waals surface area contributed by atoms with E-state index in [0.717, 1.165) is 11.8 Å². The fourth-order valence-corrected chi connectivity index (χ4v) is 3.04. The van der Waals surface area contributed by atoms with Gasteiger partial charge in [-0.05, 0) is 36.7 Å². The van der Waals surface area contributed by atoms with E-state index in [-0.39, 0.29) is 0 Å². The largest absolute Gasteiger partial charge is 0.441 e. The van der Waals surface area contributed by atoms with Crippen molar-refractivity contribution in [3.8, 4) is 5.88 Å². The normalized spacial score (nSPS) is 28.4. The van der Waals surface area contributed by atoms with Crippen LogP contribution in [0.4, 0.5) is 0 Å². The van der Waals surface area contributed by atoms with Gasteiger partial charge in [-0.3, -0.25) is 0 Å². The molecule has 0 N–H and O–H groups in total. The third-order valence-electron chi connectivity index (χ3n) is 4.24. The summed E-state index contributed by atoms with van der Waals surface area (Å²) in [7, 11) is 2.05. The van der Waals surface area contributed by atoms with Crippen LogP contribution in [0.1, 0.15) is 40.0 Å². The zero-order valence-corrected chi connectivity index (χ0v) is 12.1. The van der Waals surface area contributed by atoms with Crippen molar-refractivity contribution in [2.24, 2.45) is 24.8 Å². The monoisotopic (exact) mass is 248 g/mol. The highest BCUT2D eigenvalue weighted by molar-refractivity contribution is 5.03. The number of pyridine rings is 1. The Kier molecular flexibility index (Phi) is 4.26. The Morgan fingerprint density at radius 3 is 2.72 bits per heavy atom. The molecule has 1 aromatic heterocycles.